The van der Waals surface area contributed by atoms with Crippen molar-refractivity contribution in [1.82, 2.24) is 4.90 Å². The highest BCUT2D eigenvalue weighted by atomic mass is 35.5. The van der Waals surface area contributed by atoms with Crippen molar-refractivity contribution in [3.05, 3.63) is 101 Å². The number of benzene rings is 4. The van der Waals surface area contributed by atoms with Crippen molar-refractivity contribution in [3.63, 3.8) is 0 Å². The number of methoxy groups -OCH3 is 1. The van der Waals surface area contributed by atoms with Gasteiger partial charge in [-0.1, -0.05) is 54.1 Å². The van der Waals surface area contributed by atoms with Gasteiger partial charge in [-0.25, -0.2) is 0 Å². The first-order valence-electron chi connectivity index (χ1n) is 14.9. The van der Waals surface area contributed by atoms with Gasteiger partial charge in [0.2, 0.25) is 5.91 Å². The van der Waals surface area contributed by atoms with Crippen molar-refractivity contribution in [2.45, 2.75) is 38.3 Å². The average Bonchev–Trinajstić information content (AvgIpc) is 3.59. The molecule has 45 heavy (non-hydrogen) atoms. The number of carbonyl (C=O) groups is 2. The molecule has 228 valence electrons. The fraction of sp³-hybridized carbons (Fsp3) is 0.250. The molecule has 1 N–H and O–H groups in total. The van der Waals surface area contributed by atoms with Gasteiger partial charge < -0.3 is 24.4 Å². The van der Waals surface area contributed by atoms with Gasteiger partial charge >= 0.3 is 0 Å². The molecule has 2 atom stereocenters. The highest BCUT2D eigenvalue weighted by Crippen LogP contribution is 2.45. The van der Waals surface area contributed by atoms with Gasteiger partial charge in [0.25, 0.3) is 5.91 Å². The Morgan fingerprint density at radius 1 is 1.04 bits per heavy atom. The van der Waals surface area contributed by atoms with Crippen molar-refractivity contribution in [1.29, 1.82) is 0 Å². The van der Waals surface area contributed by atoms with Gasteiger partial charge in [-0.3, -0.25) is 14.6 Å². The molecule has 0 aromatic heterocycles. The van der Waals surface area contributed by atoms with Crippen LogP contribution in [0.3, 0.4) is 0 Å². The van der Waals surface area contributed by atoms with Crippen LogP contribution in [0.15, 0.2) is 83.5 Å². The number of aromatic hydroxyl groups is 1. The molecular formula is C36H32ClN3O5. The van der Waals surface area contributed by atoms with Crippen LogP contribution in [0.2, 0.25) is 0 Å². The molecule has 9 heteroatoms. The summed E-state index contributed by atoms with van der Waals surface area (Å²) in [7, 11) is 1.54. The van der Waals surface area contributed by atoms with Gasteiger partial charge in [0.15, 0.2) is 11.5 Å². The normalized spacial score (nSPS) is 18.4. The second kappa shape index (κ2) is 11.6. The van der Waals surface area contributed by atoms with E-state index in [0.29, 0.717) is 40.9 Å². The molecule has 3 aliphatic rings. The molecule has 3 aliphatic heterocycles. The van der Waals surface area contributed by atoms with Gasteiger partial charge in [0.05, 0.1) is 36.5 Å². The zero-order chi connectivity index (χ0) is 31.2. The number of fused-ring (bicyclic) bond motifs is 5. The second-order valence-electron chi connectivity index (χ2n) is 11.8. The monoisotopic (exact) mass is 621 g/mol. The fourth-order valence-corrected chi connectivity index (χ4v) is 6.85. The molecule has 0 radical (unpaired) electrons. The van der Waals surface area contributed by atoms with Gasteiger partial charge in [0.1, 0.15) is 12.4 Å². The standard InChI is InChI=1S/C36H32ClN3O5/c1-21-10-25-17-38-29-14-33(32(44-2)13-28(29)36(43)39(25)18-21)45-20-23-7-5-6-22(11-23)12-34(42)40-19-24(16-37)35-27-9-4-3-8-26(27)31(41)15-30(35)40/h3-9,11,13-15,17-18,24-25,41H,10,12,16,19-20H2,1-2H3/t24-,25+/m1/s1. The molecule has 0 bridgehead atoms. The number of hydrogen-bond donors (Lipinski definition) is 1. The Labute approximate surface area is 266 Å². The third kappa shape index (κ3) is 5.19. The highest BCUT2D eigenvalue weighted by Gasteiger charge is 2.35. The highest BCUT2D eigenvalue weighted by molar-refractivity contribution is 6.19. The Kier molecular flexibility index (Phi) is 7.45. The van der Waals surface area contributed by atoms with Crippen molar-refractivity contribution in [2.75, 3.05) is 24.4 Å². The molecule has 0 spiro atoms. The summed E-state index contributed by atoms with van der Waals surface area (Å²) >= 11 is 6.36. The zero-order valence-electron chi connectivity index (χ0n) is 25.0. The lowest BCUT2D eigenvalue weighted by Gasteiger charge is -2.19. The van der Waals surface area contributed by atoms with Crippen molar-refractivity contribution in [2.24, 2.45) is 4.99 Å². The number of carbonyl (C=O) groups excluding carboxylic acids is 2. The maximum atomic E-state index is 13.6. The van der Waals surface area contributed by atoms with Gasteiger partial charge in [-0.15, -0.1) is 11.6 Å². The van der Waals surface area contributed by atoms with E-state index in [2.05, 4.69) is 4.99 Å². The number of nitrogens with zero attached hydrogens (tertiary/aromatic N) is 3. The number of alkyl halides is 1. The number of ether oxygens (including phenoxy) is 2. The molecule has 0 saturated carbocycles. The number of aliphatic imine (C=N–C) groups is 1. The van der Waals surface area contributed by atoms with Crippen LogP contribution in [-0.2, 0) is 17.8 Å². The second-order valence-corrected chi connectivity index (χ2v) is 12.1. The quantitative estimate of drug-likeness (QED) is 0.227. The predicted molar refractivity (Wildman–Crippen MR) is 175 cm³/mol. The third-order valence-electron chi connectivity index (χ3n) is 8.75. The van der Waals surface area contributed by atoms with E-state index in [9.17, 15) is 14.7 Å². The minimum atomic E-state index is -0.118. The van der Waals surface area contributed by atoms with Crippen LogP contribution in [0, 0.1) is 0 Å². The molecule has 0 fully saturated rings. The first kappa shape index (κ1) is 28.9. The van der Waals surface area contributed by atoms with Crippen LogP contribution in [0.1, 0.15) is 46.3 Å². The van der Waals surface area contributed by atoms with Crippen LogP contribution in [0.4, 0.5) is 11.4 Å². The molecule has 0 unspecified atom stereocenters. The van der Waals surface area contributed by atoms with E-state index in [0.717, 1.165) is 39.5 Å². The fourth-order valence-electron chi connectivity index (χ4n) is 6.60. The van der Waals surface area contributed by atoms with Crippen molar-refractivity contribution < 1.29 is 24.2 Å². The number of hydrogen-bond acceptors (Lipinski definition) is 6. The summed E-state index contributed by atoms with van der Waals surface area (Å²) in [6.45, 7) is 2.70. The lowest BCUT2D eigenvalue weighted by Crippen LogP contribution is -2.32. The average molecular weight is 622 g/mol. The largest absolute Gasteiger partial charge is 0.507 e. The summed E-state index contributed by atoms with van der Waals surface area (Å²) in [6.07, 6.45) is 4.64. The smallest absolute Gasteiger partial charge is 0.260 e. The van der Waals surface area contributed by atoms with E-state index in [1.807, 2.05) is 67.9 Å². The van der Waals surface area contributed by atoms with Gasteiger partial charge in [0, 0.05) is 48.3 Å². The molecule has 3 heterocycles. The Morgan fingerprint density at radius 3 is 2.64 bits per heavy atom. The minimum Gasteiger partial charge on any atom is -0.507 e. The van der Waals surface area contributed by atoms with E-state index in [1.54, 1.807) is 35.1 Å². The summed E-state index contributed by atoms with van der Waals surface area (Å²) in [4.78, 5) is 35.0. The van der Waals surface area contributed by atoms with Crippen LogP contribution >= 0.6 is 11.6 Å². The first-order chi connectivity index (χ1) is 21.8. The molecule has 0 saturated heterocycles. The van der Waals surface area contributed by atoms with Gasteiger partial charge in [-0.2, -0.15) is 0 Å². The summed E-state index contributed by atoms with van der Waals surface area (Å²) in [5, 5.41) is 12.4. The zero-order valence-corrected chi connectivity index (χ0v) is 25.8. The number of anilines is 1. The summed E-state index contributed by atoms with van der Waals surface area (Å²) < 4.78 is 11.8. The Bertz CT molecular complexity index is 1920. The van der Waals surface area contributed by atoms with E-state index < -0.39 is 0 Å². The van der Waals surface area contributed by atoms with Gasteiger partial charge in [-0.05, 0) is 41.5 Å². The lowest BCUT2D eigenvalue weighted by molar-refractivity contribution is -0.117. The van der Waals surface area contributed by atoms with E-state index in [4.69, 9.17) is 21.1 Å². The SMILES string of the molecule is COc1cc2c(cc1OCc1cccc(CC(=O)N3C[C@@H](CCl)c4c3cc(O)c3ccccc43)c1)N=C[C@@H]1CC(C)=CN1C2=O. The maximum absolute atomic E-state index is 13.6. The number of halogens is 1. The maximum Gasteiger partial charge on any atom is 0.260 e. The number of rotatable bonds is 7. The van der Waals surface area contributed by atoms with Crippen LogP contribution in [0.25, 0.3) is 10.8 Å². The van der Waals surface area contributed by atoms with Crippen molar-refractivity contribution >= 4 is 51.8 Å². The van der Waals surface area contributed by atoms with E-state index >= 15 is 0 Å². The molecule has 2 amide bonds. The van der Waals surface area contributed by atoms with Crippen LogP contribution in [0.5, 0.6) is 17.2 Å². The van der Waals surface area contributed by atoms with E-state index in [-0.39, 0.29) is 42.6 Å². The number of phenolic OH excluding ortho intramolecular Hbond substituents is 1. The minimum absolute atomic E-state index is 0.0243. The summed E-state index contributed by atoms with van der Waals surface area (Å²) in [5.74, 6) is 1.23. The molecule has 7 rings (SSSR count). The molecule has 4 aromatic carbocycles. The van der Waals surface area contributed by atoms with Crippen LogP contribution in [-0.4, -0.2) is 53.6 Å². The number of amides is 2. The summed E-state index contributed by atoms with van der Waals surface area (Å²) in [5.41, 5.74) is 5.57. The third-order valence-corrected chi connectivity index (χ3v) is 9.13. The molecule has 0 aliphatic carbocycles. The topological polar surface area (TPSA) is 91.7 Å². The predicted octanol–water partition coefficient (Wildman–Crippen LogP) is 6.88. The van der Waals surface area contributed by atoms with Crippen LogP contribution < -0.4 is 14.4 Å². The molecule has 8 nitrogen and oxygen atoms in total. The Morgan fingerprint density at radius 2 is 1.84 bits per heavy atom. The van der Waals surface area contributed by atoms with Crippen molar-refractivity contribution in [3.8, 4) is 17.2 Å². The Hall–Kier alpha value is -4.82. The molecular weight excluding hydrogens is 590 g/mol. The lowest BCUT2D eigenvalue weighted by atomic mass is 9.95. The number of phenols is 1. The first-order valence-corrected chi connectivity index (χ1v) is 15.5. The summed E-state index contributed by atoms with van der Waals surface area (Å²) in [6, 6.07) is 20.4. The Balaban J connectivity index is 1.09. The molecule has 4 aromatic rings. The van der Waals surface area contributed by atoms with E-state index in [1.165, 1.54) is 0 Å².